The lowest BCUT2D eigenvalue weighted by atomic mass is 9.86. The maximum absolute atomic E-state index is 12.4. The first-order chi connectivity index (χ1) is 11.0. The van der Waals surface area contributed by atoms with Crippen molar-refractivity contribution in [2.45, 2.75) is 37.5 Å². The second-order valence-corrected chi connectivity index (χ2v) is 7.54. The number of fused-ring (bicyclic) bond motifs is 2. The van der Waals surface area contributed by atoms with E-state index < -0.39 is 0 Å². The van der Waals surface area contributed by atoms with E-state index in [-0.39, 0.29) is 29.9 Å². The maximum Gasteiger partial charge on any atom is 0.338 e. The predicted octanol–water partition coefficient (Wildman–Crippen LogP) is 2.05. The minimum Gasteiger partial charge on any atom is -0.458 e. The molecule has 2 saturated heterocycles. The zero-order valence-corrected chi connectivity index (χ0v) is 15.4. The number of halogens is 1. The zero-order chi connectivity index (χ0) is 16.6. The van der Waals surface area contributed by atoms with Crippen LogP contribution in [0.25, 0.3) is 0 Å². The number of nitrogens with zero attached hydrogens (tertiary/aromatic N) is 1. The lowest BCUT2D eigenvalue weighted by molar-refractivity contribution is -0.134. The fourth-order valence-electron chi connectivity index (χ4n) is 3.84. The van der Waals surface area contributed by atoms with E-state index >= 15 is 0 Å². The van der Waals surface area contributed by atoms with Crippen LogP contribution in [0.15, 0.2) is 24.3 Å². The van der Waals surface area contributed by atoms with Crippen LogP contribution >= 0.6 is 22.6 Å². The number of nitrogens with one attached hydrogen (secondary N) is 1. The molecule has 0 radical (unpaired) electrons. The first-order valence-electron chi connectivity index (χ1n) is 7.91. The van der Waals surface area contributed by atoms with Crippen LogP contribution in [0.4, 0.5) is 0 Å². The highest BCUT2D eigenvalue weighted by molar-refractivity contribution is 14.1. The van der Waals surface area contributed by atoms with E-state index in [1.807, 2.05) is 12.1 Å². The normalized spacial score (nSPS) is 30.0. The van der Waals surface area contributed by atoms with Crippen molar-refractivity contribution in [3.05, 3.63) is 33.4 Å². The number of carbonyl (C=O) groups excluding carboxylic acids is 2. The molecule has 2 fully saturated rings. The van der Waals surface area contributed by atoms with Crippen molar-refractivity contribution in [3.63, 3.8) is 0 Å². The Morgan fingerprint density at radius 2 is 1.96 bits per heavy atom. The molecule has 2 unspecified atom stereocenters. The van der Waals surface area contributed by atoms with Crippen molar-refractivity contribution in [1.29, 1.82) is 0 Å². The number of carbonyl (C=O) groups is 2. The molecule has 0 aliphatic carbocycles. The summed E-state index contributed by atoms with van der Waals surface area (Å²) in [6.45, 7) is 0. The molecule has 4 atom stereocenters. The van der Waals surface area contributed by atoms with Crippen molar-refractivity contribution in [1.82, 2.24) is 10.2 Å². The van der Waals surface area contributed by atoms with Crippen LogP contribution in [0.5, 0.6) is 0 Å². The molecule has 2 aliphatic rings. The van der Waals surface area contributed by atoms with Gasteiger partial charge >= 0.3 is 5.97 Å². The Kier molecular flexibility index (Phi) is 4.91. The maximum atomic E-state index is 12.4. The Labute approximate surface area is 149 Å². The topological polar surface area (TPSA) is 58.6 Å². The van der Waals surface area contributed by atoms with E-state index in [1.54, 1.807) is 19.2 Å². The molecular formula is C17H21IN2O3. The number of piperidine rings is 1. The van der Waals surface area contributed by atoms with Crippen LogP contribution in [0.1, 0.15) is 29.6 Å². The summed E-state index contributed by atoms with van der Waals surface area (Å²) < 4.78 is 6.82. The molecule has 3 rings (SSSR count). The molecule has 1 amide bonds. The summed E-state index contributed by atoms with van der Waals surface area (Å²) in [7, 11) is 3.71. The molecule has 1 aromatic rings. The molecule has 0 saturated carbocycles. The van der Waals surface area contributed by atoms with Gasteiger partial charge in [0.2, 0.25) is 5.91 Å². The SMILES string of the molecule is CNC(=O)[C@@H]1C2CCC(C[C@@H]1OC(=O)c1ccc(I)cc1)N2C. The molecule has 2 aliphatic heterocycles. The highest BCUT2D eigenvalue weighted by Gasteiger charge is 2.50. The van der Waals surface area contributed by atoms with Gasteiger partial charge in [-0.1, -0.05) is 0 Å². The van der Waals surface area contributed by atoms with Crippen molar-refractivity contribution in [2.75, 3.05) is 14.1 Å². The Bertz CT molecular complexity index is 604. The molecule has 5 nitrogen and oxygen atoms in total. The van der Waals surface area contributed by atoms with Crippen molar-refractivity contribution in [3.8, 4) is 0 Å². The Hall–Kier alpha value is -1.15. The van der Waals surface area contributed by atoms with Crippen LogP contribution < -0.4 is 5.32 Å². The van der Waals surface area contributed by atoms with E-state index in [9.17, 15) is 9.59 Å². The van der Waals surface area contributed by atoms with Gasteiger partial charge in [-0.2, -0.15) is 0 Å². The van der Waals surface area contributed by atoms with Crippen LogP contribution in [-0.2, 0) is 9.53 Å². The fraction of sp³-hybridized carbons (Fsp3) is 0.529. The molecule has 23 heavy (non-hydrogen) atoms. The number of hydrogen-bond donors (Lipinski definition) is 1. The molecule has 1 aromatic carbocycles. The molecule has 0 aromatic heterocycles. The van der Waals surface area contributed by atoms with Crippen molar-refractivity contribution in [2.24, 2.45) is 5.92 Å². The van der Waals surface area contributed by atoms with Crippen LogP contribution in [0, 0.1) is 9.49 Å². The second-order valence-electron chi connectivity index (χ2n) is 6.29. The van der Waals surface area contributed by atoms with Gasteiger partial charge in [0.1, 0.15) is 6.10 Å². The summed E-state index contributed by atoms with van der Waals surface area (Å²) in [5, 5.41) is 2.73. The molecular weight excluding hydrogens is 407 g/mol. The summed E-state index contributed by atoms with van der Waals surface area (Å²) in [4.78, 5) is 27.0. The average molecular weight is 428 g/mol. The van der Waals surface area contributed by atoms with E-state index in [0.717, 1.165) is 22.8 Å². The molecule has 6 heteroatoms. The first kappa shape index (κ1) is 16.7. The van der Waals surface area contributed by atoms with E-state index in [2.05, 4.69) is 39.9 Å². The Morgan fingerprint density at radius 1 is 1.26 bits per heavy atom. The van der Waals surface area contributed by atoms with Gasteiger partial charge in [0.15, 0.2) is 0 Å². The van der Waals surface area contributed by atoms with Gasteiger partial charge in [0.25, 0.3) is 0 Å². The smallest absolute Gasteiger partial charge is 0.338 e. The van der Waals surface area contributed by atoms with E-state index in [0.29, 0.717) is 11.6 Å². The average Bonchev–Trinajstić information content (AvgIpc) is 2.78. The van der Waals surface area contributed by atoms with E-state index in [4.69, 9.17) is 4.74 Å². The van der Waals surface area contributed by atoms with E-state index in [1.165, 1.54) is 0 Å². The first-order valence-corrected chi connectivity index (χ1v) is 8.99. The standard InChI is InChI=1S/C17H21IN2O3/c1-19-16(21)15-13-8-7-12(20(13)2)9-14(15)23-17(22)10-3-5-11(18)6-4-10/h3-6,12-15H,7-9H2,1-2H3,(H,19,21)/t12?,13?,14-,15+/m0/s1. The number of benzene rings is 1. The Morgan fingerprint density at radius 3 is 2.61 bits per heavy atom. The van der Waals surface area contributed by atoms with Crippen molar-refractivity contribution < 1.29 is 14.3 Å². The number of ether oxygens (including phenoxy) is 1. The second kappa shape index (κ2) is 6.76. The highest BCUT2D eigenvalue weighted by Crippen LogP contribution is 2.39. The third kappa shape index (κ3) is 3.24. The van der Waals surface area contributed by atoms with Gasteiger partial charge in [0, 0.05) is 29.1 Å². The van der Waals surface area contributed by atoms with Gasteiger partial charge in [-0.25, -0.2) is 4.79 Å². The van der Waals surface area contributed by atoms with Gasteiger partial charge in [-0.3, -0.25) is 9.69 Å². The van der Waals surface area contributed by atoms with Crippen LogP contribution in [-0.4, -0.2) is 49.1 Å². The summed E-state index contributed by atoms with van der Waals surface area (Å²) in [5.41, 5.74) is 0.535. The number of hydrogen-bond acceptors (Lipinski definition) is 4. The lowest BCUT2D eigenvalue weighted by Gasteiger charge is -2.41. The summed E-state index contributed by atoms with van der Waals surface area (Å²) in [6, 6.07) is 7.85. The van der Waals surface area contributed by atoms with Crippen LogP contribution in [0.2, 0.25) is 0 Å². The largest absolute Gasteiger partial charge is 0.458 e. The van der Waals surface area contributed by atoms with Gasteiger partial charge in [-0.05, 0) is 66.7 Å². The zero-order valence-electron chi connectivity index (χ0n) is 13.3. The Balaban J connectivity index is 1.78. The molecule has 1 N–H and O–H groups in total. The third-order valence-corrected chi connectivity index (χ3v) is 5.82. The predicted molar refractivity (Wildman–Crippen MR) is 95.1 cm³/mol. The third-order valence-electron chi connectivity index (χ3n) is 5.10. The molecule has 124 valence electrons. The summed E-state index contributed by atoms with van der Waals surface area (Å²) in [6.07, 6.45) is 2.42. The summed E-state index contributed by atoms with van der Waals surface area (Å²) in [5.74, 6) is -0.677. The van der Waals surface area contributed by atoms with Crippen molar-refractivity contribution >= 4 is 34.5 Å². The molecule has 0 spiro atoms. The number of amides is 1. The number of rotatable bonds is 3. The lowest BCUT2D eigenvalue weighted by Crippen LogP contribution is -2.55. The minimum absolute atomic E-state index is 0.0392. The van der Waals surface area contributed by atoms with Gasteiger partial charge in [0.05, 0.1) is 11.5 Å². The number of esters is 1. The molecule has 2 bridgehead atoms. The summed E-state index contributed by atoms with van der Waals surface area (Å²) >= 11 is 2.20. The monoisotopic (exact) mass is 428 g/mol. The van der Waals surface area contributed by atoms with Gasteiger partial charge in [-0.15, -0.1) is 0 Å². The van der Waals surface area contributed by atoms with Crippen LogP contribution in [0.3, 0.4) is 0 Å². The molecule has 2 heterocycles. The minimum atomic E-state index is -0.351. The fourth-order valence-corrected chi connectivity index (χ4v) is 4.20. The quantitative estimate of drug-likeness (QED) is 0.592. The highest BCUT2D eigenvalue weighted by atomic mass is 127. The van der Waals surface area contributed by atoms with Gasteiger partial charge < -0.3 is 10.1 Å².